The molecule has 0 aliphatic carbocycles. The standard InChI is InChI=1S/C20H21N5O/c1-13-6-7-14(2)17(9-13)24-20-23-15(3)10-18(25-20)19(26)22-12-16-5-4-8-21-11-16/h4-11H,12H2,1-3H3,(H,22,26)(H,23,24,25). The highest BCUT2D eigenvalue weighted by molar-refractivity contribution is 5.92. The number of rotatable bonds is 5. The van der Waals surface area contributed by atoms with Gasteiger partial charge in [-0.15, -0.1) is 0 Å². The Bertz CT molecular complexity index is 925. The van der Waals surface area contributed by atoms with E-state index >= 15 is 0 Å². The third-order valence-corrected chi connectivity index (χ3v) is 3.90. The summed E-state index contributed by atoms with van der Waals surface area (Å²) in [5.41, 5.74) is 5.13. The maximum atomic E-state index is 12.4. The van der Waals surface area contributed by atoms with Crippen LogP contribution in [0.5, 0.6) is 0 Å². The van der Waals surface area contributed by atoms with E-state index in [-0.39, 0.29) is 5.91 Å². The first-order valence-corrected chi connectivity index (χ1v) is 8.38. The zero-order chi connectivity index (χ0) is 18.5. The largest absolute Gasteiger partial charge is 0.347 e. The van der Waals surface area contributed by atoms with Gasteiger partial charge >= 0.3 is 0 Å². The molecule has 0 aliphatic rings. The first kappa shape index (κ1) is 17.5. The lowest BCUT2D eigenvalue weighted by Crippen LogP contribution is -2.24. The summed E-state index contributed by atoms with van der Waals surface area (Å²) in [5, 5.41) is 6.07. The second-order valence-corrected chi connectivity index (χ2v) is 6.21. The van der Waals surface area contributed by atoms with Gasteiger partial charge in [0, 0.05) is 30.3 Å². The lowest BCUT2D eigenvalue weighted by Gasteiger charge is -2.11. The van der Waals surface area contributed by atoms with Crippen molar-refractivity contribution in [2.24, 2.45) is 0 Å². The van der Waals surface area contributed by atoms with Gasteiger partial charge < -0.3 is 10.6 Å². The van der Waals surface area contributed by atoms with Crippen molar-refractivity contribution in [3.63, 3.8) is 0 Å². The van der Waals surface area contributed by atoms with E-state index < -0.39 is 0 Å². The summed E-state index contributed by atoms with van der Waals surface area (Å²) >= 11 is 0. The minimum atomic E-state index is -0.247. The van der Waals surface area contributed by atoms with Gasteiger partial charge in [-0.25, -0.2) is 9.97 Å². The highest BCUT2D eigenvalue weighted by atomic mass is 16.1. The number of nitrogens with zero attached hydrogens (tertiary/aromatic N) is 3. The van der Waals surface area contributed by atoms with Crippen LogP contribution >= 0.6 is 0 Å². The third-order valence-electron chi connectivity index (χ3n) is 3.90. The Labute approximate surface area is 152 Å². The van der Waals surface area contributed by atoms with Gasteiger partial charge in [-0.2, -0.15) is 0 Å². The quantitative estimate of drug-likeness (QED) is 0.739. The molecule has 0 bridgehead atoms. The molecule has 132 valence electrons. The fourth-order valence-electron chi connectivity index (χ4n) is 2.51. The Morgan fingerprint density at radius 2 is 1.92 bits per heavy atom. The molecule has 0 radical (unpaired) electrons. The second kappa shape index (κ2) is 7.74. The number of hydrogen-bond acceptors (Lipinski definition) is 5. The van der Waals surface area contributed by atoms with Crippen LogP contribution in [0.25, 0.3) is 0 Å². The van der Waals surface area contributed by atoms with E-state index in [2.05, 4.69) is 31.7 Å². The van der Waals surface area contributed by atoms with Crippen LogP contribution in [0.2, 0.25) is 0 Å². The summed E-state index contributed by atoms with van der Waals surface area (Å²) in [4.78, 5) is 25.2. The summed E-state index contributed by atoms with van der Waals surface area (Å²) in [7, 11) is 0. The average molecular weight is 347 g/mol. The number of nitrogens with one attached hydrogen (secondary N) is 2. The lowest BCUT2D eigenvalue weighted by atomic mass is 10.1. The van der Waals surface area contributed by atoms with Crippen LogP contribution in [0.3, 0.4) is 0 Å². The SMILES string of the molecule is Cc1ccc(C)c(Nc2nc(C)cc(C(=O)NCc3cccnc3)n2)c1. The zero-order valence-corrected chi connectivity index (χ0v) is 15.1. The van der Waals surface area contributed by atoms with Crippen LogP contribution in [-0.4, -0.2) is 20.9 Å². The second-order valence-electron chi connectivity index (χ2n) is 6.21. The van der Waals surface area contributed by atoms with Crippen LogP contribution in [0.15, 0.2) is 48.8 Å². The van der Waals surface area contributed by atoms with Crippen LogP contribution < -0.4 is 10.6 Å². The van der Waals surface area contributed by atoms with E-state index in [4.69, 9.17) is 0 Å². The van der Waals surface area contributed by atoms with E-state index in [0.29, 0.717) is 18.2 Å². The molecule has 6 heteroatoms. The van der Waals surface area contributed by atoms with E-state index in [1.165, 1.54) is 0 Å². The van der Waals surface area contributed by atoms with Gasteiger partial charge in [-0.05, 0) is 55.7 Å². The molecule has 0 saturated carbocycles. The first-order valence-electron chi connectivity index (χ1n) is 8.38. The molecule has 3 aromatic rings. The highest BCUT2D eigenvalue weighted by Crippen LogP contribution is 2.20. The number of amides is 1. The van der Waals surface area contributed by atoms with Crippen LogP contribution in [0.4, 0.5) is 11.6 Å². The number of aromatic nitrogens is 3. The minimum absolute atomic E-state index is 0.247. The number of benzene rings is 1. The molecular weight excluding hydrogens is 326 g/mol. The Kier molecular flexibility index (Phi) is 5.22. The molecule has 2 heterocycles. The van der Waals surface area contributed by atoms with Crippen molar-refractivity contribution in [1.29, 1.82) is 0 Å². The van der Waals surface area contributed by atoms with E-state index in [1.54, 1.807) is 18.5 Å². The fraction of sp³-hybridized carbons (Fsp3) is 0.200. The molecule has 2 N–H and O–H groups in total. The van der Waals surface area contributed by atoms with Gasteiger partial charge in [-0.1, -0.05) is 18.2 Å². The molecule has 0 saturated heterocycles. The molecule has 3 rings (SSSR count). The average Bonchev–Trinajstić information content (AvgIpc) is 2.63. The fourth-order valence-corrected chi connectivity index (χ4v) is 2.51. The normalized spacial score (nSPS) is 10.4. The van der Waals surface area contributed by atoms with E-state index in [1.807, 2.05) is 45.0 Å². The molecule has 1 aromatic carbocycles. The monoisotopic (exact) mass is 347 g/mol. The van der Waals surface area contributed by atoms with Crippen molar-refractivity contribution in [2.45, 2.75) is 27.3 Å². The van der Waals surface area contributed by atoms with Crippen molar-refractivity contribution in [3.8, 4) is 0 Å². The van der Waals surface area contributed by atoms with Gasteiger partial charge in [0.05, 0.1) is 0 Å². The summed E-state index contributed by atoms with van der Waals surface area (Å²) in [6.45, 7) is 6.28. The molecule has 0 spiro atoms. The van der Waals surface area contributed by atoms with Gasteiger partial charge in [0.25, 0.3) is 5.91 Å². The van der Waals surface area contributed by atoms with Gasteiger partial charge in [0.15, 0.2) is 0 Å². The molecule has 26 heavy (non-hydrogen) atoms. The number of pyridine rings is 1. The van der Waals surface area contributed by atoms with Crippen LogP contribution in [-0.2, 0) is 6.54 Å². The molecule has 1 amide bonds. The minimum Gasteiger partial charge on any atom is -0.347 e. The number of carbonyl (C=O) groups is 1. The van der Waals surface area contributed by atoms with E-state index in [0.717, 1.165) is 28.1 Å². The summed E-state index contributed by atoms with van der Waals surface area (Å²) in [6, 6.07) is 11.5. The maximum Gasteiger partial charge on any atom is 0.270 e. The first-order chi connectivity index (χ1) is 12.5. The number of anilines is 2. The molecule has 6 nitrogen and oxygen atoms in total. The van der Waals surface area contributed by atoms with Crippen molar-refractivity contribution < 1.29 is 4.79 Å². The third kappa shape index (κ3) is 4.42. The Morgan fingerprint density at radius 3 is 2.69 bits per heavy atom. The van der Waals surface area contributed by atoms with E-state index in [9.17, 15) is 4.79 Å². The molecule has 0 atom stereocenters. The maximum absolute atomic E-state index is 12.4. The smallest absolute Gasteiger partial charge is 0.270 e. The van der Waals surface area contributed by atoms with Crippen molar-refractivity contribution in [3.05, 3.63) is 76.9 Å². The predicted molar refractivity (Wildman–Crippen MR) is 101 cm³/mol. The van der Waals surface area contributed by atoms with Gasteiger partial charge in [0.1, 0.15) is 5.69 Å². The molecular formula is C20H21N5O. The molecule has 0 unspecified atom stereocenters. The number of carbonyl (C=O) groups excluding carboxylic acids is 1. The summed E-state index contributed by atoms with van der Waals surface area (Å²) < 4.78 is 0. The topological polar surface area (TPSA) is 79.8 Å². The Morgan fingerprint density at radius 1 is 1.08 bits per heavy atom. The number of hydrogen-bond donors (Lipinski definition) is 2. The highest BCUT2D eigenvalue weighted by Gasteiger charge is 2.11. The Hall–Kier alpha value is -3.28. The summed E-state index contributed by atoms with van der Waals surface area (Å²) in [6.07, 6.45) is 3.42. The lowest BCUT2D eigenvalue weighted by molar-refractivity contribution is 0.0945. The van der Waals surface area contributed by atoms with Crippen molar-refractivity contribution in [1.82, 2.24) is 20.3 Å². The van der Waals surface area contributed by atoms with Crippen LogP contribution in [0, 0.1) is 20.8 Å². The molecule has 2 aromatic heterocycles. The van der Waals surface area contributed by atoms with Gasteiger partial charge in [-0.3, -0.25) is 9.78 Å². The molecule has 0 aliphatic heterocycles. The van der Waals surface area contributed by atoms with Gasteiger partial charge in [0.2, 0.25) is 5.95 Å². The molecule has 0 fully saturated rings. The predicted octanol–water partition coefficient (Wildman–Crippen LogP) is 3.47. The number of aryl methyl sites for hydroxylation is 3. The van der Waals surface area contributed by atoms with Crippen LogP contribution in [0.1, 0.15) is 32.9 Å². The Balaban J connectivity index is 1.76. The van der Waals surface area contributed by atoms with Crippen molar-refractivity contribution in [2.75, 3.05) is 5.32 Å². The van der Waals surface area contributed by atoms with Crippen molar-refractivity contribution >= 4 is 17.5 Å². The summed E-state index contributed by atoms with van der Waals surface area (Å²) in [5.74, 6) is 0.161. The zero-order valence-electron chi connectivity index (χ0n) is 15.1.